The average molecular weight is 402 g/mol. The minimum atomic E-state index is -3.50. The second-order valence-corrected chi connectivity index (χ2v) is 8.90. The summed E-state index contributed by atoms with van der Waals surface area (Å²) in [5, 5.41) is 6.08. The van der Waals surface area contributed by atoms with E-state index >= 15 is 0 Å². The molecule has 1 aromatic carbocycles. The van der Waals surface area contributed by atoms with E-state index in [2.05, 4.69) is 10.6 Å². The molecule has 2 aliphatic rings. The number of rotatable bonds is 6. The van der Waals surface area contributed by atoms with Gasteiger partial charge in [-0.3, -0.25) is 4.79 Å². The fourth-order valence-corrected chi connectivity index (χ4v) is 5.11. The Kier molecular flexibility index (Phi) is 7.46. The van der Waals surface area contributed by atoms with Crippen LogP contribution in [0.1, 0.15) is 31.7 Å². The van der Waals surface area contributed by atoms with Crippen LogP contribution in [0.25, 0.3) is 0 Å². The molecule has 146 valence electrons. The van der Waals surface area contributed by atoms with E-state index in [1.54, 1.807) is 22.5 Å². The molecule has 1 amide bonds. The second kappa shape index (κ2) is 9.17. The SMILES string of the molecule is CC(C(=O)NCc1ccccc1S(=O)(=O)N1CCCCC1)C1CNC1.Cl. The van der Waals surface area contributed by atoms with Gasteiger partial charge in [0.15, 0.2) is 0 Å². The lowest BCUT2D eigenvalue weighted by molar-refractivity contribution is -0.126. The number of amides is 1. The van der Waals surface area contributed by atoms with Crippen molar-refractivity contribution in [3.63, 3.8) is 0 Å². The molecule has 0 spiro atoms. The van der Waals surface area contributed by atoms with E-state index in [1.807, 2.05) is 13.0 Å². The lowest BCUT2D eigenvalue weighted by Gasteiger charge is -2.31. The molecule has 0 aromatic heterocycles. The molecular formula is C18H28ClN3O3S. The minimum absolute atomic E-state index is 0. The van der Waals surface area contributed by atoms with Crippen molar-refractivity contribution in [1.82, 2.24) is 14.9 Å². The summed E-state index contributed by atoms with van der Waals surface area (Å²) in [6.07, 6.45) is 2.90. The minimum Gasteiger partial charge on any atom is -0.352 e. The van der Waals surface area contributed by atoms with Crippen LogP contribution >= 0.6 is 12.4 Å². The zero-order chi connectivity index (χ0) is 17.9. The van der Waals surface area contributed by atoms with Crippen LogP contribution in [-0.4, -0.2) is 44.8 Å². The van der Waals surface area contributed by atoms with Gasteiger partial charge in [0.1, 0.15) is 0 Å². The van der Waals surface area contributed by atoms with Crippen molar-refractivity contribution in [3.05, 3.63) is 29.8 Å². The Hall–Kier alpha value is -1.15. The Bertz CT molecular complexity index is 716. The van der Waals surface area contributed by atoms with Crippen LogP contribution in [0.5, 0.6) is 0 Å². The van der Waals surface area contributed by atoms with Gasteiger partial charge in [0.25, 0.3) is 0 Å². The third kappa shape index (κ3) is 4.57. The molecule has 1 unspecified atom stereocenters. The van der Waals surface area contributed by atoms with Crippen molar-refractivity contribution in [1.29, 1.82) is 0 Å². The van der Waals surface area contributed by atoms with E-state index < -0.39 is 10.0 Å². The maximum Gasteiger partial charge on any atom is 0.243 e. The maximum atomic E-state index is 13.0. The van der Waals surface area contributed by atoms with Crippen LogP contribution in [0.2, 0.25) is 0 Å². The summed E-state index contributed by atoms with van der Waals surface area (Å²) in [6, 6.07) is 6.98. The van der Waals surface area contributed by atoms with Crippen molar-refractivity contribution >= 4 is 28.3 Å². The molecule has 1 atom stereocenters. The fourth-order valence-electron chi connectivity index (χ4n) is 3.37. The predicted octanol–water partition coefficient (Wildman–Crippen LogP) is 1.75. The highest BCUT2D eigenvalue weighted by Crippen LogP contribution is 2.24. The molecule has 2 fully saturated rings. The van der Waals surface area contributed by atoms with Crippen LogP contribution in [0.3, 0.4) is 0 Å². The van der Waals surface area contributed by atoms with Crippen molar-refractivity contribution in [2.75, 3.05) is 26.2 Å². The summed E-state index contributed by atoms with van der Waals surface area (Å²) >= 11 is 0. The van der Waals surface area contributed by atoms with Crippen LogP contribution in [-0.2, 0) is 21.4 Å². The number of sulfonamides is 1. The largest absolute Gasteiger partial charge is 0.352 e. The molecule has 26 heavy (non-hydrogen) atoms. The number of nitrogens with one attached hydrogen (secondary N) is 2. The Labute approximate surface area is 162 Å². The molecule has 8 heteroatoms. The third-order valence-electron chi connectivity index (χ3n) is 5.29. The molecule has 2 aliphatic heterocycles. The molecule has 2 N–H and O–H groups in total. The number of carbonyl (C=O) groups excluding carboxylic acids is 1. The van der Waals surface area contributed by atoms with Crippen molar-refractivity contribution in [3.8, 4) is 0 Å². The Morgan fingerprint density at radius 1 is 1.23 bits per heavy atom. The molecule has 0 radical (unpaired) electrons. The first-order valence-corrected chi connectivity index (χ1v) is 10.5. The van der Waals surface area contributed by atoms with Gasteiger partial charge < -0.3 is 10.6 Å². The van der Waals surface area contributed by atoms with Gasteiger partial charge in [-0.2, -0.15) is 4.31 Å². The van der Waals surface area contributed by atoms with Gasteiger partial charge in [-0.05, 0) is 43.5 Å². The summed E-state index contributed by atoms with van der Waals surface area (Å²) in [5.74, 6) is 0.288. The Balaban J connectivity index is 0.00000243. The van der Waals surface area contributed by atoms with Gasteiger partial charge in [0.05, 0.1) is 4.90 Å². The Morgan fingerprint density at radius 3 is 2.50 bits per heavy atom. The molecule has 2 saturated heterocycles. The zero-order valence-corrected chi connectivity index (χ0v) is 16.7. The molecule has 6 nitrogen and oxygen atoms in total. The van der Waals surface area contributed by atoms with Gasteiger partial charge in [-0.1, -0.05) is 31.5 Å². The normalized spacial score (nSPS) is 19.9. The second-order valence-electron chi connectivity index (χ2n) is 7.00. The summed E-state index contributed by atoms with van der Waals surface area (Å²) in [6.45, 7) is 5.07. The molecular weight excluding hydrogens is 374 g/mol. The zero-order valence-electron chi connectivity index (χ0n) is 15.1. The van der Waals surface area contributed by atoms with E-state index in [-0.39, 0.29) is 30.8 Å². The quantitative estimate of drug-likeness (QED) is 0.761. The van der Waals surface area contributed by atoms with Crippen molar-refractivity contribution < 1.29 is 13.2 Å². The van der Waals surface area contributed by atoms with Crippen molar-refractivity contribution in [2.45, 2.75) is 37.6 Å². The highest BCUT2D eigenvalue weighted by Gasteiger charge is 2.30. The molecule has 0 bridgehead atoms. The fraction of sp³-hybridized carbons (Fsp3) is 0.611. The van der Waals surface area contributed by atoms with E-state index in [0.29, 0.717) is 29.5 Å². The van der Waals surface area contributed by atoms with Crippen LogP contribution in [0.15, 0.2) is 29.2 Å². The molecule has 3 rings (SSSR count). The highest BCUT2D eigenvalue weighted by atomic mass is 35.5. The van der Waals surface area contributed by atoms with Gasteiger partial charge in [0.2, 0.25) is 15.9 Å². The van der Waals surface area contributed by atoms with Crippen LogP contribution in [0.4, 0.5) is 0 Å². The van der Waals surface area contributed by atoms with Crippen molar-refractivity contribution in [2.24, 2.45) is 11.8 Å². The number of benzene rings is 1. The highest BCUT2D eigenvalue weighted by molar-refractivity contribution is 7.89. The first-order valence-electron chi connectivity index (χ1n) is 9.06. The standard InChI is InChI=1S/C18H27N3O3S.ClH/c1-14(16-11-19-12-16)18(22)20-13-15-7-3-4-8-17(15)25(23,24)21-9-5-2-6-10-21;/h3-4,7-8,14,16,19H,2,5-6,9-13H2,1H3,(H,20,22);1H. The van der Waals surface area contributed by atoms with Gasteiger partial charge >= 0.3 is 0 Å². The molecule has 0 aliphatic carbocycles. The number of hydrogen-bond donors (Lipinski definition) is 2. The first-order chi connectivity index (χ1) is 12.0. The summed E-state index contributed by atoms with van der Waals surface area (Å²) in [4.78, 5) is 12.6. The monoisotopic (exact) mass is 401 g/mol. The average Bonchev–Trinajstić information content (AvgIpc) is 2.59. The molecule has 1 aromatic rings. The summed E-state index contributed by atoms with van der Waals surface area (Å²) in [7, 11) is -3.50. The maximum absolute atomic E-state index is 13.0. The van der Waals surface area contributed by atoms with E-state index in [9.17, 15) is 13.2 Å². The summed E-state index contributed by atoms with van der Waals surface area (Å²) < 4.78 is 27.5. The van der Waals surface area contributed by atoms with Gasteiger partial charge in [0, 0.05) is 25.6 Å². The number of nitrogens with zero attached hydrogens (tertiary/aromatic N) is 1. The number of hydrogen-bond acceptors (Lipinski definition) is 4. The third-order valence-corrected chi connectivity index (χ3v) is 7.29. The molecule has 2 heterocycles. The molecule has 0 saturated carbocycles. The summed E-state index contributed by atoms with van der Waals surface area (Å²) in [5.41, 5.74) is 0.653. The lowest BCUT2D eigenvalue weighted by Crippen LogP contribution is -2.49. The van der Waals surface area contributed by atoms with Gasteiger partial charge in [-0.25, -0.2) is 8.42 Å². The van der Waals surface area contributed by atoms with E-state index in [0.717, 1.165) is 32.4 Å². The first kappa shape index (κ1) is 21.2. The topological polar surface area (TPSA) is 78.5 Å². The predicted molar refractivity (Wildman–Crippen MR) is 104 cm³/mol. The number of piperidine rings is 1. The van der Waals surface area contributed by atoms with Crippen LogP contribution < -0.4 is 10.6 Å². The lowest BCUT2D eigenvalue weighted by atomic mass is 9.88. The van der Waals surface area contributed by atoms with E-state index in [4.69, 9.17) is 0 Å². The number of halogens is 1. The smallest absolute Gasteiger partial charge is 0.243 e. The number of carbonyl (C=O) groups is 1. The Morgan fingerprint density at radius 2 is 1.88 bits per heavy atom. The van der Waals surface area contributed by atoms with Gasteiger partial charge in [-0.15, -0.1) is 12.4 Å². The van der Waals surface area contributed by atoms with E-state index in [1.165, 1.54) is 0 Å². The van der Waals surface area contributed by atoms with Crippen LogP contribution in [0, 0.1) is 11.8 Å².